The normalized spacial score (nSPS) is 14.5. The highest BCUT2D eigenvalue weighted by Gasteiger charge is 2.13. The Balaban J connectivity index is 2.31. The third-order valence-corrected chi connectivity index (χ3v) is 2.90. The van der Waals surface area contributed by atoms with Gasteiger partial charge in [-0.25, -0.2) is 0 Å². The number of benzene rings is 1. The molecule has 76 valence electrons. The number of hydrogen-bond donors (Lipinski definition) is 0. The average Bonchev–Trinajstić information content (AvgIpc) is 2.64. The fourth-order valence-corrected chi connectivity index (χ4v) is 2.10. The van der Waals surface area contributed by atoms with E-state index in [4.69, 9.17) is 5.26 Å². The highest BCUT2D eigenvalue weighted by atomic mass is 79.9. The molecule has 0 spiro atoms. The number of nitrogens with zero attached hydrogens (tertiary/aromatic N) is 3. The number of rotatable bonds is 1. The van der Waals surface area contributed by atoms with Gasteiger partial charge in [-0.2, -0.15) is 5.26 Å². The van der Waals surface area contributed by atoms with Crippen LogP contribution in [-0.4, -0.2) is 18.6 Å². The van der Waals surface area contributed by atoms with E-state index in [1.165, 1.54) is 0 Å². The van der Waals surface area contributed by atoms with Crippen LogP contribution in [0.25, 0.3) is 0 Å². The second-order valence-electron chi connectivity index (χ2n) is 3.44. The van der Waals surface area contributed by atoms with E-state index in [0.29, 0.717) is 5.56 Å². The zero-order chi connectivity index (χ0) is 10.8. The molecule has 0 bridgehead atoms. The molecule has 0 amide bonds. The van der Waals surface area contributed by atoms with Crippen molar-refractivity contribution in [2.45, 2.75) is 0 Å². The molecule has 2 rings (SSSR count). The minimum absolute atomic E-state index is 0.669. The maximum Gasteiger partial charge on any atom is 0.0992 e. The van der Waals surface area contributed by atoms with Crippen LogP contribution in [0.3, 0.4) is 0 Å². The average molecular weight is 264 g/mol. The van der Waals surface area contributed by atoms with Gasteiger partial charge in [0.25, 0.3) is 0 Å². The van der Waals surface area contributed by atoms with E-state index in [1.807, 2.05) is 37.6 Å². The predicted molar refractivity (Wildman–Crippen MR) is 63.1 cm³/mol. The Bertz CT molecular complexity index is 448. The largest absolute Gasteiger partial charge is 0.361 e. The lowest BCUT2D eigenvalue weighted by Gasteiger charge is -2.19. The van der Waals surface area contributed by atoms with Crippen LogP contribution in [0, 0.1) is 11.3 Å². The molecule has 0 radical (unpaired) electrons. The van der Waals surface area contributed by atoms with Crippen molar-refractivity contribution in [2.75, 3.05) is 18.6 Å². The quantitative estimate of drug-likeness (QED) is 0.780. The lowest BCUT2D eigenvalue weighted by molar-refractivity contribution is 0.495. The van der Waals surface area contributed by atoms with Crippen LogP contribution in [0.4, 0.5) is 5.69 Å². The molecule has 0 N–H and O–H groups in total. The summed E-state index contributed by atoms with van der Waals surface area (Å²) >= 11 is 3.47. The maximum absolute atomic E-state index is 8.75. The molecule has 3 nitrogen and oxygen atoms in total. The van der Waals surface area contributed by atoms with E-state index < -0.39 is 0 Å². The standard InChI is InChI=1S/C11H10BrN3/c1-14-4-5-15(8-14)11-3-2-9(7-13)6-10(11)12/h2-6H,8H2,1H3. The summed E-state index contributed by atoms with van der Waals surface area (Å²) < 4.78 is 0.946. The third-order valence-electron chi connectivity index (χ3n) is 2.26. The molecule has 15 heavy (non-hydrogen) atoms. The van der Waals surface area contributed by atoms with Gasteiger partial charge >= 0.3 is 0 Å². The lowest BCUT2D eigenvalue weighted by atomic mass is 10.2. The molecule has 4 heteroatoms. The second kappa shape index (κ2) is 3.95. The predicted octanol–water partition coefficient (Wildman–Crippen LogP) is 2.50. The molecule has 1 aliphatic rings. The second-order valence-corrected chi connectivity index (χ2v) is 4.30. The first-order chi connectivity index (χ1) is 7.20. The molecular weight excluding hydrogens is 254 g/mol. The van der Waals surface area contributed by atoms with Crippen LogP contribution in [0.5, 0.6) is 0 Å². The summed E-state index contributed by atoms with van der Waals surface area (Å²) in [4.78, 5) is 4.20. The number of hydrogen-bond acceptors (Lipinski definition) is 3. The fourth-order valence-electron chi connectivity index (χ4n) is 1.49. The van der Waals surface area contributed by atoms with E-state index in [9.17, 15) is 0 Å². The smallest absolute Gasteiger partial charge is 0.0992 e. The number of anilines is 1. The summed E-state index contributed by atoms with van der Waals surface area (Å²) in [6.45, 7) is 0.838. The van der Waals surface area contributed by atoms with Crippen LogP contribution in [-0.2, 0) is 0 Å². The van der Waals surface area contributed by atoms with Crippen molar-refractivity contribution >= 4 is 21.6 Å². The maximum atomic E-state index is 8.75. The minimum Gasteiger partial charge on any atom is -0.361 e. The van der Waals surface area contributed by atoms with Crippen LogP contribution < -0.4 is 4.90 Å². The molecule has 1 aromatic rings. The van der Waals surface area contributed by atoms with Crippen molar-refractivity contribution in [1.82, 2.24) is 4.90 Å². The van der Waals surface area contributed by atoms with Gasteiger partial charge in [-0.1, -0.05) is 0 Å². The van der Waals surface area contributed by atoms with Gasteiger partial charge in [0, 0.05) is 23.9 Å². The van der Waals surface area contributed by atoms with Crippen LogP contribution in [0.2, 0.25) is 0 Å². The summed E-state index contributed by atoms with van der Waals surface area (Å²) in [6.07, 6.45) is 4.04. The minimum atomic E-state index is 0.669. The van der Waals surface area contributed by atoms with E-state index in [1.54, 1.807) is 0 Å². The molecule has 0 unspecified atom stereocenters. The van der Waals surface area contributed by atoms with Gasteiger partial charge in [-0.15, -0.1) is 0 Å². The van der Waals surface area contributed by atoms with Crippen LogP contribution in [0.15, 0.2) is 35.1 Å². The first-order valence-corrected chi connectivity index (χ1v) is 5.35. The highest BCUT2D eigenvalue weighted by molar-refractivity contribution is 9.10. The van der Waals surface area contributed by atoms with Gasteiger partial charge in [0.1, 0.15) is 0 Å². The van der Waals surface area contributed by atoms with E-state index in [-0.39, 0.29) is 0 Å². The van der Waals surface area contributed by atoms with Crippen molar-refractivity contribution in [1.29, 1.82) is 5.26 Å². The molecule has 0 saturated carbocycles. The van der Waals surface area contributed by atoms with Crippen molar-refractivity contribution in [2.24, 2.45) is 0 Å². The van der Waals surface area contributed by atoms with Crippen molar-refractivity contribution < 1.29 is 0 Å². The Hall–Kier alpha value is -1.47. The van der Waals surface area contributed by atoms with Crippen LogP contribution in [0.1, 0.15) is 5.56 Å². The molecule has 1 aromatic carbocycles. The molecule has 0 aromatic heterocycles. The van der Waals surface area contributed by atoms with Gasteiger partial charge in [-0.05, 0) is 34.1 Å². The summed E-state index contributed by atoms with van der Waals surface area (Å²) in [6, 6.07) is 7.73. The molecule has 1 aliphatic heterocycles. The summed E-state index contributed by atoms with van der Waals surface area (Å²) in [5.41, 5.74) is 1.75. The Morgan fingerprint density at radius 1 is 1.40 bits per heavy atom. The number of halogens is 1. The van der Waals surface area contributed by atoms with Gasteiger partial charge in [0.05, 0.1) is 24.0 Å². The van der Waals surface area contributed by atoms with Gasteiger partial charge in [0.15, 0.2) is 0 Å². The lowest BCUT2D eigenvalue weighted by Crippen LogP contribution is -2.21. The molecular formula is C11H10BrN3. The zero-order valence-electron chi connectivity index (χ0n) is 8.31. The first-order valence-electron chi connectivity index (χ1n) is 4.55. The highest BCUT2D eigenvalue weighted by Crippen LogP contribution is 2.29. The SMILES string of the molecule is CN1C=CN(c2ccc(C#N)cc2Br)C1. The van der Waals surface area contributed by atoms with Gasteiger partial charge in [-0.3, -0.25) is 0 Å². The number of nitriles is 1. The topological polar surface area (TPSA) is 30.3 Å². The van der Waals surface area contributed by atoms with Crippen molar-refractivity contribution in [3.05, 3.63) is 40.6 Å². The first kappa shape index (κ1) is 10.1. The Morgan fingerprint density at radius 3 is 2.73 bits per heavy atom. The van der Waals surface area contributed by atoms with E-state index in [2.05, 4.69) is 31.8 Å². The molecule has 0 fully saturated rings. The Kier molecular flexibility index (Phi) is 2.65. The van der Waals surface area contributed by atoms with E-state index >= 15 is 0 Å². The summed E-state index contributed by atoms with van der Waals surface area (Å²) in [5, 5.41) is 8.75. The molecule has 0 atom stereocenters. The zero-order valence-corrected chi connectivity index (χ0v) is 9.90. The molecule has 0 saturated heterocycles. The van der Waals surface area contributed by atoms with E-state index in [0.717, 1.165) is 16.8 Å². The van der Waals surface area contributed by atoms with Crippen LogP contribution >= 0.6 is 15.9 Å². The Labute approximate surface area is 97.3 Å². The van der Waals surface area contributed by atoms with Crippen molar-refractivity contribution in [3.8, 4) is 6.07 Å². The molecule has 1 heterocycles. The van der Waals surface area contributed by atoms with Gasteiger partial charge < -0.3 is 9.80 Å². The third kappa shape index (κ3) is 1.97. The monoisotopic (exact) mass is 263 g/mol. The summed E-state index contributed by atoms with van der Waals surface area (Å²) in [7, 11) is 2.02. The van der Waals surface area contributed by atoms with Gasteiger partial charge in [0.2, 0.25) is 0 Å². The molecule has 0 aliphatic carbocycles. The Morgan fingerprint density at radius 2 is 2.20 bits per heavy atom. The fraction of sp³-hybridized carbons (Fsp3) is 0.182. The van der Waals surface area contributed by atoms with Crippen molar-refractivity contribution in [3.63, 3.8) is 0 Å². The summed E-state index contributed by atoms with van der Waals surface area (Å²) in [5.74, 6) is 0.